The highest BCUT2D eigenvalue weighted by atomic mass is 19.4. The van der Waals surface area contributed by atoms with Gasteiger partial charge in [0.1, 0.15) is 11.4 Å². The Kier molecular flexibility index (Phi) is 7.12. The third-order valence-corrected chi connectivity index (χ3v) is 5.98. The molecule has 2 aromatic carbocycles. The zero-order valence-corrected chi connectivity index (χ0v) is 21.3. The molecule has 196 valence electrons. The molecule has 4 aromatic rings. The number of nitrogens with zero attached hydrogens (tertiary/aromatic N) is 6. The molecule has 2 aromatic heterocycles. The molecule has 0 spiro atoms. The molecule has 12 heteroatoms. The molecular formula is C25H29F3N8O. The number of hydrogen-bond acceptors (Lipinski definition) is 8. The first-order valence-corrected chi connectivity index (χ1v) is 11.5. The second-order valence-corrected chi connectivity index (χ2v) is 8.92. The summed E-state index contributed by atoms with van der Waals surface area (Å²) in [5, 5.41) is 3.13. The van der Waals surface area contributed by atoms with E-state index in [1.54, 1.807) is 37.1 Å². The molecule has 0 amide bonds. The number of fused-ring (bicyclic) bond motifs is 1. The number of likely N-dealkylation sites (N-methyl/N-ethyl adjacent to an activating group) is 2. The molecule has 0 bridgehead atoms. The molecule has 3 N–H and O–H groups in total. The van der Waals surface area contributed by atoms with Crippen LogP contribution in [0.4, 0.5) is 36.2 Å². The van der Waals surface area contributed by atoms with Crippen molar-refractivity contribution in [3.63, 3.8) is 0 Å². The molecule has 4 rings (SSSR count). The highest BCUT2D eigenvalue weighted by molar-refractivity contribution is 5.81. The molecular weight excluding hydrogens is 485 g/mol. The average molecular weight is 515 g/mol. The Hall–Kier alpha value is -4.06. The minimum Gasteiger partial charge on any atom is -0.494 e. The van der Waals surface area contributed by atoms with Crippen molar-refractivity contribution in [2.24, 2.45) is 7.05 Å². The number of ether oxygens (including phenoxy) is 1. The summed E-state index contributed by atoms with van der Waals surface area (Å²) in [6, 6.07) is 8.72. The third kappa shape index (κ3) is 5.53. The first-order valence-electron chi connectivity index (χ1n) is 11.5. The number of hydrogen-bond donors (Lipinski definition) is 2. The van der Waals surface area contributed by atoms with Crippen molar-refractivity contribution >= 4 is 34.0 Å². The smallest absolute Gasteiger partial charge is 0.416 e. The van der Waals surface area contributed by atoms with E-state index in [0.29, 0.717) is 34.2 Å². The molecule has 37 heavy (non-hydrogen) atoms. The molecule has 0 aliphatic rings. The average Bonchev–Trinajstić information content (AvgIpc) is 3.18. The second kappa shape index (κ2) is 10.1. The second-order valence-electron chi connectivity index (χ2n) is 8.92. The molecule has 0 radical (unpaired) electrons. The maximum Gasteiger partial charge on any atom is 0.416 e. The fourth-order valence-electron chi connectivity index (χ4n) is 3.92. The molecule has 2 heterocycles. The normalized spacial score (nSPS) is 11.8. The van der Waals surface area contributed by atoms with Crippen molar-refractivity contribution in [1.82, 2.24) is 24.4 Å². The number of aryl methyl sites for hydroxylation is 1. The van der Waals surface area contributed by atoms with Crippen molar-refractivity contribution in [3.05, 3.63) is 48.2 Å². The van der Waals surface area contributed by atoms with Crippen LogP contribution >= 0.6 is 0 Å². The summed E-state index contributed by atoms with van der Waals surface area (Å²) in [4.78, 5) is 17.4. The van der Waals surface area contributed by atoms with Gasteiger partial charge in [-0.3, -0.25) is 0 Å². The molecule has 0 saturated heterocycles. The lowest BCUT2D eigenvalue weighted by Gasteiger charge is -2.24. The van der Waals surface area contributed by atoms with E-state index < -0.39 is 11.7 Å². The molecule has 0 unspecified atom stereocenters. The Labute approximate surface area is 212 Å². The molecule has 9 nitrogen and oxygen atoms in total. The highest BCUT2D eigenvalue weighted by Crippen LogP contribution is 2.36. The van der Waals surface area contributed by atoms with E-state index >= 15 is 0 Å². The largest absolute Gasteiger partial charge is 0.494 e. The van der Waals surface area contributed by atoms with Gasteiger partial charge in [-0.2, -0.15) is 13.2 Å². The standard InChI is InChI=1S/C25H29F3N8O/c1-34(2)10-11-35(3)21-14-22(37-5)19(13-16(21)29)33-24-30-9-8-17(32-24)23-31-18-12-15(25(26,27)28)6-7-20(18)36(23)4/h6-9,12-14H,10-11,29H2,1-5H3,(H,30,32,33). The summed E-state index contributed by atoms with van der Waals surface area (Å²) in [6.07, 6.45) is -2.90. The van der Waals surface area contributed by atoms with Crippen LogP contribution in [0.5, 0.6) is 5.75 Å². The summed E-state index contributed by atoms with van der Waals surface area (Å²) >= 11 is 0. The van der Waals surface area contributed by atoms with E-state index in [9.17, 15) is 13.2 Å². The van der Waals surface area contributed by atoms with Gasteiger partial charge in [0.25, 0.3) is 0 Å². The zero-order chi connectivity index (χ0) is 26.9. The van der Waals surface area contributed by atoms with Gasteiger partial charge < -0.3 is 30.2 Å². The van der Waals surface area contributed by atoms with Crippen molar-refractivity contribution < 1.29 is 17.9 Å². The van der Waals surface area contributed by atoms with E-state index in [1.807, 2.05) is 27.2 Å². The Bertz CT molecular complexity index is 1420. The fourth-order valence-corrected chi connectivity index (χ4v) is 3.92. The van der Waals surface area contributed by atoms with E-state index in [1.165, 1.54) is 6.07 Å². The van der Waals surface area contributed by atoms with Crippen LogP contribution in [0.15, 0.2) is 42.6 Å². The van der Waals surface area contributed by atoms with E-state index in [2.05, 4.69) is 30.1 Å². The van der Waals surface area contributed by atoms with Crippen molar-refractivity contribution in [2.45, 2.75) is 6.18 Å². The van der Waals surface area contributed by atoms with Crippen molar-refractivity contribution in [1.29, 1.82) is 0 Å². The van der Waals surface area contributed by atoms with Crippen LogP contribution in [0.1, 0.15) is 5.56 Å². The number of alkyl halides is 3. The summed E-state index contributed by atoms with van der Waals surface area (Å²) in [6.45, 7) is 1.64. The van der Waals surface area contributed by atoms with Crippen molar-refractivity contribution in [3.8, 4) is 17.3 Å². The Morgan fingerprint density at radius 1 is 1.05 bits per heavy atom. The van der Waals surface area contributed by atoms with Gasteiger partial charge in [0.2, 0.25) is 5.95 Å². The van der Waals surface area contributed by atoms with Gasteiger partial charge >= 0.3 is 6.18 Å². The predicted octanol–water partition coefficient (Wildman–Crippen LogP) is 4.38. The zero-order valence-electron chi connectivity index (χ0n) is 21.3. The number of nitrogens with one attached hydrogen (secondary N) is 1. The minimum absolute atomic E-state index is 0.226. The lowest BCUT2D eigenvalue weighted by atomic mass is 10.2. The van der Waals surface area contributed by atoms with Crippen LogP contribution < -0.4 is 20.7 Å². The molecule has 0 saturated carbocycles. The highest BCUT2D eigenvalue weighted by Gasteiger charge is 2.31. The lowest BCUT2D eigenvalue weighted by molar-refractivity contribution is -0.137. The first kappa shape index (κ1) is 26.0. The van der Waals surface area contributed by atoms with Crippen LogP contribution in [-0.2, 0) is 13.2 Å². The maximum atomic E-state index is 13.1. The summed E-state index contributed by atoms with van der Waals surface area (Å²) < 4.78 is 46.7. The van der Waals surface area contributed by atoms with E-state index in [4.69, 9.17) is 10.5 Å². The number of imidazole rings is 1. The van der Waals surface area contributed by atoms with Gasteiger partial charge in [0, 0.05) is 39.4 Å². The number of rotatable bonds is 8. The van der Waals surface area contributed by atoms with Gasteiger partial charge in [-0.25, -0.2) is 15.0 Å². The number of nitrogens with two attached hydrogens (primary N) is 1. The van der Waals surface area contributed by atoms with Crippen LogP contribution in [0.3, 0.4) is 0 Å². The topological polar surface area (TPSA) is 97.4 Å². The van der Waals surface area contributed by atoms with Crippen molar-refractivity contribution in [2.75, 3.05) is 57.3 Å². The molecule has 0 fully saturated rings. The monoisotopic (exact) mass is 514 g/mol. The number of halogens is 3. The molecule has 0 atom stereocenters. The van der Waals surface area contributed by atoms with Crippen LogP contribution in [-0.4, -0.2) is 65.8 Å². The number of nitrogen functional groups attached to an aromatic ring is 1. The van der Waals surface area contributed by atoms with Crippen LogP contribution in [0.2, 0.25) is 0 Å². The predicted molar refractivity (Wildman–Crippen MR) is 139 cm³/mol. The number of anilines is 4. The van der Waals surface area contributed by atoms with E-state index in [0.717, 1.165) is 30.9 Å². The van der Waals surface area contributed by atoms with Gasteiger partial charge in [-0.05, 0) is 44.4 Å². The van der Waals surface area contributed by atoms with E-state index in [-0.39, 0.29) is 11.5 Å². The first-order chi connectivity index (χ1) is 17.5. The quantitative estimate of drug-likeness (QED) is 0.335. The van der Waals surface area contributed by atoms with Gasteiger partial charge in [-0.15, -0.1) is 0 Å². The summed E-state index contributed by atoms with van der Waals surface area (Å²) in [5.74, 6) is 1.22. The fraction of sp³-hybridized carbons (Fsp3) is 0.320. The number of aromatic nitrogens is 4. The number of methoxy groups -OCH3 is 1. The Balaban J connectivity index is 1.64. The third-order valence-electron chi connectivity index (χ3n) is 5.98. The molecule has 0 aliphatic heterocycles. The summed E-state index contributed by atoms with van der Waals surface area (Å²) in [7, 11) is 9.26. The van der Waals surface area contributed by atoms with Gasteiger partial charge in [0.05, 0.1) is 40.8 Å². The SMILES string of the molecule is COc1cc(N(C)CCN(C)C)c(N)cc1Nc1nccc(-c2nc3cc(C(F)(F)F)ccc3n2C)n1. The summed E-state index contributed by atoms with van der Waals surface area (Å²) in [5.41, 5.74) is 8.77. The number of benzene rings is 2. The van der Waals surface area contributed by atoms with Crippen LogP contribution in [0.25, 0.3) is 22.6 Å². The Morgan fingerprint density at radius 2 is 1.81 bits per heavy atom. The molecule has 0 aliphatic carbocycles. The van der Waals surface area contributed by atoms with Gasteiger partial charge in [-0.1, -0.05) is 0 Å². The van der Waals surface area contributed by atoms with Gasteiger partial charge in [0.15, 0.2) is 5.82 Å². The lowest BCUT2D eigenvalue weighted by Crippen LogP contribution is -2.29. The Morgan fingerprint density at radius 3 is 2.49 bits per heavy atom. The van der Waals surface area contributed by atoms with Crippen LogP contribution in [0, 0.1) is 0 Å². The maximum absolute atomic E-state index is 13.1. The minimum atomic E-state index is -4.45.